The molecule has 3 nitrogen and oxygen atoms in total. The number of ether oxygens (including phenoxy) is 1. The molecule has 1 aromatic carbocycles. The Kier molecular flexibility index (Phi) is 6.12. The molecule has 20 heavy (non-hydrogen) atoms. The van der Waals surface area contributed by atoms with Crippen LogP contribution < -0.4 is 5.32 Å². The molecular formula is C16H21ClN2O. The highest BCUT2D eigenvalue weighted by Gasteiger charge is 2.01. The second kappa shape index (κ2) is 8.10. The van der Waals surface area contributed by atoms with Crippen LogP contribution in [0, 0.1) is 0 Å². The topological polar surface area (TPSA) is 26.2 Å². The van der Waals surface area contributed by atoms with Crippen molar-refractivity contribution in [3.63, 3.8) is 0 Å². The van der Waals surface area contributed by atoms with Crippen LogP contribution in [0.4, 0.5) is 0 Å². The van der Waals surface area contributed by atoms with Gasteiger partial charge in [0.05, 0.1) is 0 Å². The first kappa shape index (κ1) is 15.1. The maximum Gasteiger partial charge on any atom is 0.0474 e. The van der Waals surface area contributed by atoms with Gasteiger partial charge >= 0.3 is 0 Å². The van der Waals surface area contributed by atoms with Gasteiger partial charge in [-0.15, -0.1) is 0 Å². The Morgan fingerprint density at radius 3 is 2.75 bits per heavy atom. The molecule has 0 radical (unpaired) electrons. The summed E-state index contributed by atoms with van der Waals surface area (Å²) in [5, 5.41) is 4.21. The SMILES string of the molecule is COCCCNCc1cccn1Cc1ccc(Cl)cc1. The van der Waals surface area contributed by atoms with Crippen molar-refractivity contribution >= 4 is 11.6 Å². The number of benzene rings is 1. The third-order valence-electron chi connectivity index (χ3n) is 3.20. The predicted molar refractivity (Wildman–Crippen MR) is 83.2 cm³/mol. The zero-order valence-electron chi connectivity index (χ0n) is 11.8. The summed E-state index contributed by atoms with van der Waals surface area (Å²) >= 11 is 5.91. The van der Waals surface area contributed by atoms with E-state index in [1.807, 2.05) is 12.1 Å². The lowest BCUT2D eigenvalue weighted by Crippen LogP contribution is -2.18. The molecule has 1 heterocycles. The molecule has 0 aliphatic carbocycles. The van der Waals surface area contributed by atoms with Crippen LogP contribution in [-0.4, -0.2) is 24.8 Å². The summed E-state index contributed by atoms with van der Waals surface area (Å²) in [7, 11) is 1.73. The van der Waals surface area contributed by atoms with Gasteiger partial charge in [0.15, 0.2) is 0 Å². The third kappa shape index (κ3) is 4.67. The van der Waals surface area contributed by atoms with E-state index in [4.69, 9.17) is 16.3 Å². The van der Waals surface area contributed by atoms with Crippen molar-refractivity contribution in [1.29, 1.82) is 0 Å². The molecule has 0 bridgehead atoms. The first-order chi connectivity index (χ1) is 9.79. The lowest BCUT2D eigenvalue weighted by atomic mass is 10.2. The largest absolute Gasteiger partial charge is 0.385 e. The maximum atomic E-state index is 5.91. The number of halogens is 1. The zero-order chi connectivity index (χ0) is 14.2. The highest BCUT2D eigenvalue weighted by atomic mass is 35.5. The molecule has 0 saturated carbocycles. The molecule has 0 atom stereocenters. The fraction of sp³-hybridized carbons (Fsp3) is 0.375. The average molecular weight is 293 g/mol. The summed E-state index contributed by atoms with van der Waals surface area (Å²) in [6.45, 7) is 3.53. The Bertz CT molecular complexity index is 507. The molecule has 0 saturated heterocycles. The summed E-state index contributed by atoms with van der Waals surface area (Å²) in [5.74, 6) is 0. The van der Waals surface area contributed by atoms with Gasteiger partial charge in [0.25, 0.3) is 0 Å². The number of nitrogens with zero attached hydrogens (tertiary/aromatic N) is 1. The zero-order valence-corrected chi connectivity index (χ0v) is 12.6. The van der Waals surface area contributed by atoms with Gasteiger partial charge in [-0.3, -0.25) is 0 Å². The van der Waals surface area contributed by atoms with Gasteiger partial charge in [-0.25, -0.2) is 0 Å². The molecule has 0 aliphatic heterocycles. The van der Waals surface area contributed by atoms with Crippen LogP contribution in [0.15, 0.2) is 42.6 Å². The van der Waals surface area contributed by atoms with E-state index >= 15 is 0 Å². The molecule has 0 unspecified atom stereocenters. The number of methoxy groups -OCH3 is 1. The Labute approximate surface area is 125 Å². The molecule has 108 valence electrons. The summed E-state index contributed by atoms with van der Waals surface area (Å²) in [6, 6.07) is 12.2. The minimum Gasteiger partial charge on any atom is -0.385 e. The standard InChI is InChI=1S/C16H21ClN2O/c1-20-11-3-9-18-12-16-4-2-10-19(16)13-14-5-7-15(17)8-6-14/h2,4-8,10,18H,3,9,11-13H2,1H3. The molecule has 4 heteroatoms. The van der Waals surface area contributed by atoms with Crippen molar-refractivity contribution in [2.75, 3.05) is 20.3 Å². The first-order valence-corrected chi connectivity index (χ1v) is 7.25. The molecule has 2 aromatic rings. The third-order valence-corrected chi connectivity index (χ3v) is 3.45. The normalized spacial score (nSPS) is 10.9. The van der Waals surface area contributed by atoms with Crippen LogP contribution >= 0.6 is 11.6 Å². The monoisotopic (exact) mass is 292 g/mol. The van der Waals surface area contributed by atoms with Crippen LogP contribution in [-0.2, 0) is 17.8 Å². The molecular weight excluding hydrogens is 272 g/mol. The number of nitrogens with one attached hydrogen (secondary N) is 1. The van der Waals surface area contributed by atoms with Crippen LogP contribution in [0.3, 0.4) is 0 Å². The minimum absolute atomic E-state index is 0.779. The van der Waals surface area contributed by atoms with Gasteiger partial charge in [0.2, 0.25) is 0 Å². The van der Waals surface area contributed by atoms with Crippen LogP contribution in [0.1, 0.15) is 17.7 Å². The first-order valence-electron chi connectivity index (χ1n) is 6.87. The summed E-state index contributed by atoms with van der Waals surface area (Å²) in [5.41, 5.74) is 2.54. The molecule has 0 aliphatic rings. The lowest BCUT2D eigenvalue weighted by Gasteiger charge is -2.10. The minimum atomic E-state index is 0.779. The predicted octanol–water partition coefficient (Wildman–Crippen LogP) is 3.32. The Hall–Kier alpha value is -1.29. The van der Waals surface area contributed by atoms with Gasteiger partial charge < -0.3 is 14.6 Å². The van der Waals surface area contributed by atoms with E-state index < -0.39 is 0 Å². The molecule has 1 N–H and O–H groups in total. The van der Waals surface area contributed by atoms with E-state index in [-0.39, 0.29) is 0 Å². The van der Waals surface area contributed by atoms with Crippen molar-refractivity contribution in [3.05, 3.63) is 58.9 Å². The van der Waals surface area contributed by atoms with Crippen LogP contribution in [0.2, 0.25) is 5.02 Å². The van der Waals surface area contributed by atoms with Gasteiger partial charge in [-0.05, 0) is 42.8 Å². The van der Waals surface area contributed by atoms with Gasteiger partial charge in [0.1, 0.15) is 0 Å². The van der Waals surface area contributed by atoms with E-state index in [9.17, 15) is 0 Å². The smallest absolute Gasteiger partial charge is 0.0474 e. The van der Waals surface area contributed by atoms with Gasteiger partial charge in [-0.1, -0.05) is 23.7 Å². The van der Waals surface area contributed by atoms with Crippen LogP contribution in [0.25, 0.3) is 0 Å². The van der Waals surface area contributed by atoms with E-state index in [1.54, 1.807) is 7.11 Å². The second-order valence-electron chi connectivity index (χ2n) is 4.78. The number of aromatic nitrogens is 1. The van der Waals surface area contributed by atoms with Crippen molar-refractivity contribution in [3.8, 4) is 0 Å². The van der Waals surface area contributed by atoms with Crippen LogP contribution in [0.5, 0.6) is 0 Å². The Balaban J connectivity index is 1.86. The van der Waals surface area contributed by atoms with E-state index in [0.717, 1.165) is 37.7 Å². The molecule has 1 aromatic heterocycles. The van der Waals surface area contributed by atoms with E-state index in [2.05, 4.69) is 40.3 Å². The van der Waals surface area contributed by atoms with Gasteiger partial charge in [0, 0.05) is 43.7 Å². The summed E-state index contributed by atoms with van der Waals surface area (Å²) in [6.07, 6.45) is 3.15. The quantitative estimate of drug-likeness (QED) is 0.756. The molecule has 0 spiro atoms. The van der Waals surface area contributed by atoms with E-state index in [0.29, 0.717) is 0 Å². The number of hydrogen-bond acceptors (Lipinski definition) is 2. The molecule has 0 fully saturated rings. The summed E-state index contributed by atoms with van der Waals surface area (Å²) in [4.78, 5) is 0. The fourth-order valence-electron chi connectivity index (χ4n) is 2.11. The highest BCUT2D eigenvalue weighted by Crippen LogP contribution is 2.12. The van der Waals surface area contributed by atoms with Gasteiger partial charge in [-0.2, -0.15) is 0 Å². The Morgan fingerprint density at radius 1 is 1.20 bits per heavy atom. The number of rotatable bonds is 8. The lowest BCUT2D eigenvalue weighted by molar-refractivity contribution is 0.194. The molecule has 0 amide bonds. The van der Waals surface area contributed by atoms with Crippen molar-refractivity contribution < 1.29 is 4.74 Å². The van der Waals surface area contributed by atoms with Crippen molar-refractivity contribution in [2.24, 2.45) is 0 Å². The van der Waals surface area contributed by atoms with E-state index in [1.165, 1.54) is 11.3 Å². The van der Waals surface area contributed by atoms with Crippen molar-refractivity contribution in [2.45, 2.75) is 19.5 Å². The average Bonchev–Trinajstić information content (AvgIpc) is 2.89. The fourth-order valence-corrected chi connectivity index (χ4v) is 2.23. The number of hydrogen-bond donors (Lipinski definition) is 1. The summed E-state index contributed by atoms with van der Waals surface area (Å²) < 4.78 is 7.29. The van der Waals surface area contributed by atoms with Crippen molar-refractivity contribution in [1.82, 2.24) is 9.88 Å². The molecule has 2 rings (SSSR count). The highest BCUT2D eigenvalue weighted by molar-refractivity contribution is 6.30. The maximum absolute atomic E-state index is 5.91. The Morgan fingerprint density at radius 2 is 2.00 bits per heavy atom. The second-order valence-corrected chi connectivity index (χ2v) is 5.21.